The fourth-order valence-electron chi connectivity index (χ4n) is 5.10. The van der Waals surface area contributed by atoms with Crippen molar-refractivity contribution in [1.82, 2.24) is 14.8 Å². The van der Waals surface area contributed by atoms with E-state index in [1.807, 2.05) is 44.2 Å². The summed E-state index contributed by atoms with van der Waals surface area (Å²) in [6.45, 7) is 9.25. The number of amides is 1. The van der Waals surface area contributed by atoms with Gasteiger partial charge in [-0.05, 0) is 68.8 Å². The summed E-state index contributed by atoms with van der Waals surface area (Å²) in [5, 5.41) is 21.9. The SMILES string of the molecule is CCN(CC)C(=O)c1ccc([C@](C)(O)CN2CCN(c3ccc(C#N)cc3Cl)[C@H](c3ccc(Cl)cc3)C2)nc1. The number of carbonyl (C=O) groups excluding carboxylic acids is 1. The van der Waals surface area contributed by atoms with Gasteiger partial charge in [0.2, 0.25) is 0 Å². The molecule has 1 aliphatic rings. The van der Waals surface area contributed by atoms with Crippen LogP contribution in [0.1, 0.15) is 54.0 Å². The lowest BCUT2D eigenvalue weighted by atomic mass is 9.97. The molecule has 9 heteroatoms. The number of halogens is 2. The Labute approximate surface area is 240 Å². The Morgan fingerprint density at radius 2 is 1.85 bits per heavy atom. The maximum Gasteiger partial charge on any atom is 0.255 e. The fraction of sp³-hybridized carbons (Fsp3) is 0.367. The number of aromatic nitrogens is 1. The predicted octanol–water partition coefficient (Wildman–Crippen LogP) is 5.51. The van der Waals surface area contributed by atoms with Gasteiger partial charge in [0.05, 0.1) is 39.6 Å². The van der Waals surface area contributed by atoms with Crippen LogP contribution in [-0.2, 0) is 5.60 Å². The average molecular weight is 567 g/mol. The minimum atomic E-state index is -1.23. The highest BCUT2D eigenvalue weighted by atomic mass is 35.5. The van der Waals surface area contributed by atoms with Crippen molar-refractivity contribution in [2.45, 2.75) is 32.4 Å². The van der Waals surface area contributed by atoms with Gasteiger partial charge in [0.1, 0.15) is 5.60 Å². The number of anilines is 1. The van der Waals surface area contributed by atoms with Gasteiger partial charge in [-0.2, -0.15) is 5.26 Å². The Morgan fingerprint density at radius 1 is 1.13 bits per heavy atom. The number of hydrogen-bond donors (Lipinski definition) is 1. The van der Waals surface area contributed by atoms with Crippen molar-refractivity contribution < 1.29 is 9.90 Å². The molecule has 0 spiro atoms. The third-order valence-corrected chi connectivity index (χ3v) is 7.80. The van der Waals surface area contributed by atoms with Gasteiger partial charge in [-0.25, -0.2) is 0 Å². The Balaban J connectivity index is 1.55. The number of piperazine rings is 1. The Bertz CT molecular complexity index is 1330. The lowest BCUT2D eigenvalue weighted by molar-refractivity contribution is 0.00672. The number of nitrogens with zero attached hydrogens (tertiary/aromatic N) is 5. The van der Waals surface area contributed by atoms with Gasteiger partial charge in [-0.1, -0.05) is 35.3 Å². The van der Waals surface area contributed by atoms with Crippen LogP contribution in [0.5, 0.6) is 0 Å². The second kappa shape index (κ2) is 12.4. The second-order valence-electron chi connectivity index (χ2n) is 9.96. The summed E-state index contributed by atoms with van der Waals surface area (Å²) in [5.41, 5.74) is 2.24. The molecular weight excluding hydrogens is 533 g/mol. The number of benzene rings is 2. The molecule has 0 unspecified atom stereocenters. The summed E-state index contributed by atoms with van der Waals surface area (Å²) in [4.78, 5) is 23.3. The molecule has 0 aliphatic carbocycles. The number of rotatable bonds is 8. The molecule has 1 N–H and O–H groups in total. The van der Waals surface area contributed by atoms with Gasteiger partial charge in [0.15, 0.2) is 0 Å². The molecule has 0 radical (unpaired) electrons. The zero-order valence-electron chi connectivity index (χ0n) is 22.4. The van der Waals surface area contributed by atoms with E-state index >= 15 is 0 Å². The number of aliphatic hydroxyl groups is 1. The van der Waals surface area contributed by atoms with Crippen LogP contribution < -0.4 is 4.90 Å². The monoisotopic (exact) mass is 565 g/mol. The van der Waals surface area contributed by atoms with E-state index in [1.165, 1.54) is 0 Å². The van der Waals surface area contributed by atoms with Crippen LogP contribution in [0.2, 0.25) is 10.0 Å². The van der Waals surface area contributed by atoms with E-state index in [1.54, 1.807) is 42.3 Å². The first-order chi connectivity index (χ1) is 18.7. The van der Waals surface area contributed by atoms with Gasteiger partial charge >= 0.3 is 0 Å². The highest BCUT2D eigenvalue weighted by molar-refractivity contribution is 6.33. The van der Waals surface area contributed by atoms with Crippen molar-refractivity contribution in [2.75, 3.05) is 44.2 Å². The molecule has 2 aromatic carbocycles. The number of nitriles is 1. The van der Waals surface area contributed by atoms with E-state index in [4.69, 9.17) is 23.2 Å². The van der Waals surface area contributed by atoms with Crippen LogP contribution in [0.3, 0.4) is 0 Å². The molecule has 7 nitrogen and oxygen atoms in total. The maximum absolute atomic E-state index is 12.7. The summed E-state index contributed by atoms with van der Waals surface area (Å²) < 4.78 is 0. The smallest absolute Gasteiger partial charge is 0.255 e. The van der Waals surface area contributed by atoms with Crippen molar-refractivity contribution in [3.8, 4) is 6.07 Å². The third kappa shape index (κ3) is 6.54. The molecule has 1 aliphatic heterocycles. The van der Waals surface area contributed by atoms with Crippen LogP contribution >= 0.6 is 23.2 Å². The quantitative estimate of drug-likeness (QED) is 0.387. The third-order valence-electron chi connectivity index (χ3n) is 7.25. The number of carbonyl (C=O) groups is 1. The summed E-state index contributed by atoms with van der Waals surface area (Å²) >= 11 is 12.8. The molecule has 4 rings (SSSR count). The first-order valence-corrected chi connectivity index (χ1v) is 13.8. The number of hydrogen-bond acceptors (Lipinski definition) is 6. The molecule has 1 amide bonds. The van der Waals surface area contributed by atoms with Gasteiger partial charge in [0.25, 0.3) is 5.91 Å². The van der Waals surface area contributed by atoms with Crippen LogP contribution in [0.4, 0.5) is 5.69 Å². The molecule has 1 saturated heterocycles. The fourth-order valence-corrected chi connectivity index (χ4v) is 5.51. The maximum atomic E-state index is 12.7. The van der Waals surface area contributed by atoms with Gasteiger partial charge in [-0.15, -0.1) is 0 Å². The Hall–Kier alpha value is -3.15. The van der Waals surface area contributed by atoms with Gasteiger partial charge in [-0.3, -0.25) is 14.7 Å². The standard InChI is InChI=1S/C30H33Cl2N5O2/c1-4-36(5-2)29(38)23-9-13-28(34-18-23)30(3,39)20-35-14-15-37(26-12-6-21(17-33)16-25(26)32)27(19-35)22-7-10-24(31)11-8-22/h6-13,16,18,27,39H,4-5,14-15,19-20H2,1-3H3/t27-,30+/m0/s1. The highest BCUT2D eigenvalue weighted by Crippen LogP contribution is 2.37. The molecule has 0 saturated carbocycles. The minimum absolute atomic E-state index is 0.0562. The zero-order chi connectivity index (χ0) is 28.2. The highest BCUT2D eigenvalue weighted by Gasteiger charge is 2.34. The summed E-state index contributed by atoms with van der Waals surface area (Å²) in [7, 11) is 0. The largest absolute Gasteiger partial charge is 0.382 e. The topological polar surface area (TPSA) is 83.7 Å². The average Bonchev–Trinajstić information content (AvgIpc) is 2.94. The van der Waals surface area contributed by atoms with Crippen molar-refractivity contribution in [1.29, 1.82) is 5.26 Å². The molecule has 0 bridgehead atoms. The van der Waals surface area contributed by atoms with Crippen molar-refractivity contribution >= 4 is 34.8 Å². The van der Waals surface area contributed by atoms with Crippen molar-refractivity contribution in [3.05, 3.63) is 93.2 Å². The van der Waals surface area contributed by atoms with Crippen LogP contribution in [0.25, 0.3) is 0 Å². The lowest BCUT2D eigenvalue weighted by Gasteiger charge is -2.45. The van der Waals surface area contributed by atoms with Gasteiger partial charge < -0.3 is 14.9 Å². The second-order valence-corrected chi connectivity index (χ2v) is 10.8. The Morgan fingerprint density at radius 3 is 2.44 bits per heavy atom. The first-order valence-electron chi connectivity index (χ1n) is 13.1. The van der Waals surface area contributed by atoms with Crippen LogP contribution in [0.15, 0.2) is 60.8 Å². The summed E-state index contributed by atoms with van der Waals surface area (Å²) in [6, 6.07) is 18.7. The van der Waals surface area contributed by atoms with Crippen molar-refractivity contribution in [2.24, 2.45) is 0 Å². The number of β-amino-alcohol motifs (C(OH)–C–C–N with tert-alkyl or cyclic N) is 1. The van der Waals surface area contributed by atoms with Gasteiger partial charge in [0, 0.05) is 50.5 Å². The van der Waals surface area contributed by atoms with E-state index in [9.17, 15) is 15.2 Å². The lowest BCUT2D eigenvalue weighted by Crippen LogP contribution is -2.52. The molecule has 2 atom stereocenters. The molecule has 39 heavy (non-hydrogen) atoms. The van der Waals surface area contributed by atoms with E-state index in [0.717, 1.165) is 11.3 Å². The molecule has 1 fully saturated rings. The van der Waals surface area contributed by atoms with Crippen molar-refractivity contribution in [3.63, 3.8) is 0 Å². The molecule has 2 heterocycles. The summed E-state index contributed by atoms with van der Waals surface area (Å²) in [6.07, 6.45) is 1.55. The van der Waals surface area contributed by atoms with E-state index < -0.39 is 5.60 Å². The van der Waals surface area contributed by atoms with E-state index in [2.05, 4.69) is 20.9 Å². The number of pyridine rings is 1. The molecule has 3 aromatic rings. The van der Waals surface area contributed by atoms with Crippen LogP contribution in [0, 0.1) is 11.3 Å². The normalized spacial score (nSPS) is 17.4. The van der Waals surface area contributed by atoms with Crippen LogP contribution in [-0.4, -0.2) is 65.1 Å². The predicted molar refractivity (Wildman–Crippen MR) is 155 cm³/mol. The van der Waals surface area contributed by atoms with E-state index in [-0.39, 0.29) is 11.9 Å². The van der Waals surface area contributed by atoms with E-state index in [0.29, 0.717) is 66.1 Å². The minimum Gasteiger partial charge on any atom is -0.382 e. The Kier molecular flexibility index (Phi) is 9.14. The molecular formula is C30H33Cl2N5O2. The molecule has 204 valence electrons. The summed E-state index contributed by atoms with van der Waals surface area (Å²) in [5.74, 6) is -0.0675. The zero-order valence-corrected chi connectivity index (χ0v) is 24.0. The first kappa shape index (κ1) is 28.8. The molecule has 1 aromatic heterocycles.